The number of nitrogens with two attached hydrogens (primary N) is 1. The SMILES string of the molecule is CCCOCCOCCOCCC(=O)NCCS(=O)(=O)N1CCC(Nc2ncc(Br)c(Nc3cccc(C)c3C(N)=O)n2)CC1. The fourth-order valence-electron chi connectivity index (χ4n) is 4.60. The number of anilines is 3. The summed E-state index contributed by atoms with van der Waals surface area (Å²) in [5.74, 6) is -0.171. The summed E-state index contributed by atoms with van der Waals surface area (Å²) >= 11 is 3.44. The first-order valence-electron chi connectivity index (χ1n) is 15.0. The summed E-state index contributed by atoms with van der Waals surface area (Å²) in [6.45, 7) is 7.33. The highest BCUT2D eigenvalue weighted by Gasteiger charge is 2.28. The summed E-state index contributed by atoms with van der Waals surface area (Å²) in [4.78, 5) is 32.9. The van der Waals surface area contributed by atoms with Crippen molar-refractivity contribution in [2.24, 2.45) is 5.73 Å². The van der Waals surface area contributed by atoms with E-state index in [1.54, 1.807) is 25.3 Å². The van der Waals surface area contributed by atoms with Crippen molar-refractivity contribution < 1.29 is 32.2 Å². The third kappa shape index (κ3) is 12.4. The van der Waals surface area contributed by atoms with E-state index in [0.717, 1.165) is 12.0 Å². The van der Waals surface area contributed by atoms with Crippen LogP contribution in [-0.4, -0.2) is 106 Å². The fourth-order valence-corrected chi connectivity index (χ4v) is 6.28. The van der Waals surface area contributed by atoms with E-state index in [9.17, 15) is 18.0 Å². The maximum absolute atomic E-state index is 12.9. The monoisotopic (exact) mass is 713 g/mol. The molecule has 3 rings (SSSR count). The van der Waals surface area contributed by atoms with E-state index in [-0.39, 0.29) is 37.3 Å². The van der Waals surface area contributed by atoms with Crippen molar-refractivity contribution >= 4 is 55.2 Å². The van der Waals surface area contributed by atoms with E-state index in [0.29, 0.717) is 86.5 Å². The molecule has 2 amide bonds. The maximum Gasteiger partial charge on any atom is 0.251 e. The van der Waals surface area contributed by atoms with E-state index in [1.807, 2.05) is 13.0 Å². The number of nitrogens with zero attached hydrogens (tertiary/aromatic N) is 3. The number of hydrogen-bond donors (Lipinski definition) is 4. The standard InChI is InChI=1S/C29H44BrN7O7S/c1-3-13-42-15-17-44-18-16-43-14-9-25(38)32-10-19-45(40,41)37-11-7-22(8-12-37)34-29-33-20-23(30)28(36-29)35-24-6-4-5-21(2)26(24)27(31)39/h4-6,20,22H,3,7-19H2,1-2H3,(H2,31,39)(H,32,38)(H2,33,34,35,36). The number of piperidine rings is 1. The van der Waals surface area contributed by atoms with Crippen LogP contribution in [0.2, 0.25) is 0 Å². The highest BCUT2D eigenvalue weighted by Crippen LogP contribution is 2.28. The van der Waals surface area contributed by atoms with Crippen LogP contribution in [0.5, 0.6) is 0 Å². The number of amides is 2. The molecule has 0 unspecified atom stereocenters. The van der Waals surface area contributed by atoms with Crippen molar-refractivity contribution in [3.8, 4) is 0 Å². The first-order valence-corrected chi connectivity index (χ1v) is 17.4. The quantitative estimate of drug-likeness (QED) is 0.148. The van der Waals surface area contributed by atoms with Gasteiger partial charge in [-0.2, -0.15) is 4.98 Å². The molecular weight excluding hydrogens is 670 g/mol. The van der Waals surface area contributed by atoms with Crippen LogP contribution in [0.15, 0.2) is 28.9 Å². The molecule has 0 atom stereocenters. The molecule has 250 valence electrons. The third-order valence-corrected chi connectivity index (χ3v) is 9.40. The molecule has 1 aromatic heterocycles. The van der Waals surface area contributed by atoms with Gasteiger partial charge in [-0.1, -0.05) is 19.1 Å². The highest BCUT2D eigenvalue weighted by atomic mass is 79.9. The molecule has 0 spiro atoms. The number of benzene rings is 1. The Labute approximate surface area is 273 Å². The minimum Gasteiger partial charge on any atom is -0.379 e. The minimum atomic E-state index is -3.53. The van der Waals surface area contributed by atoms with Crippen LogP contribution < -0.4 is 21.7 Å². The van der Waals surface area contributed by atoms with Crippen LogP contribution >= 0.6 is 15.9 Å². The normalized spacial score (nSPS) is 14.3. The number of hydrogen-bond acceptors (Lipinski definition) is 11. The zero-order chi connectivity index (χ0) is 32.7. The second-order valence-corrected chi connectivity index (χ2v) is 13.4. The van der Waals surface area contributed by atoms with E-state index in [4.69, 9.17) is 19.9 Å². The van der Waals surface area contributed by atoms with Crippen LogP contribution in [-0.2, 0) is 29.0 Å². The van der Waals surface area contributed by atoms with Crippen molar-refractivity contribution in [1.29, 1.82) is 0 Å². The smallest absolute Gasteiger partial charge is 0.251 e. The predicted molar refractivity (Wildman–Crippen MR) is 175 cm³/mol. The van der Waals surface area contributed by atoms with Crippen molar-refractivity contribution in [3.63, 3.8) is 0 Å². The van der Waals surface area contributed by atoms with Crippen LogP contribution in [0.3, 0.4) is 0 Å². The molecule has 0 saturated carbocycles. The molecule has 2 aromatic rings. The maximum atomic E-state index is 12.9. The summed E-state index contributed by atoms with van der Waals surface area (Å²) in [6, 6.07) is 5.33. The summed E-state index contributed by atoms with van der Waals surface area (Å²) < 4.78 is 43.9. The van der Waals surface area contributed by atoms with Gasteiger partial charge in [-0.3, -0.25) is 9.59 Å². The van der Waals surface area contributed by atoms with Gasteiger partial charge in [0.05, 0.1) is 54.5 Å². The van der Waals surface area contributed by atoms with Gasteiger partial charge in [0.25, 0.3) is 5.91 Å². The number of aromatic nitrogens is 2. The van der Waals surface area contributed by atoms with Gasteiger partial charge in [0.15, 0.2) is 0 Å². The zero-order valence-electron chi connectivity index (χ0n) is 25.8. The second-order valence-electron chi connectivity index (χ2n) is 10.4. The molecule has 1 aliphatic rings. The average molecular weight is 715 g/mol. The lowest BCUT2D eigenvalue weighted by molar-refractivity contribution is -0.122. The van der Waals surface area contributed by atoms with Gasteiger partial charge in [0, 0.05) is 44.9 Å². The van der Waals surface area contributed by atoms with Gasteiger partial charge in [-0.15, -0.1) is 0 Å². The Morgan fingerprint density at radius 2 is 1.73 bits per heavy atom. The Balaban J connectivity index is 1.36. The van der Waals surface area contributed by atoms with Crippen LogP contribution in [0.4, 0.5) is 17.5 Å². The van der Waals surface area contributed by atoms with Crippen molar-refractivity contribution in [2.75, 3.05) is 75.7 Å². The van der Waals surface area contributed by atoms with Gasteiger partial charge in [0.2, 0.25) is 21.9 Å². The van der Waals surface area contributed by atoms with Crippen molar-refractivity contribution in [2.45, 2.75) is 45.6 Å². The summed E-state index contributed by atoms with van der Waals surface area (Å²) in [6.07, 6.45) is 3.83. The summed E-state index contributed by atoms with van der Waals surface area (Å²) in [7, 11) is -3.53. The number of nitrogens with one attached hydrogen (secondary N) is 3. The number of ether oxygens (including phenoxy) is 3. The first kappa shape index (κ1) is 36.6. The fraction of sp³-hybridized carbons (Fsp3) is 0.586. The lowest BCUT2D eigenvalue weighted by Crippen LogP contribution is -2.45. The number of aryl methyl sites for hydroxylation is 1. The Kier molecular flexibility index (Phi) is 15.4. The van der Waals surface area contributed by atoms with Gasteiger partial charge < -0.3 is 35.9 Å². The molecular formula is C29H44BrN7O7S. The average Bonchev–Trinajstić information content (AvgIpc) is 3.00. The largest absolute Gasteiger partial charge is 0.379 e. The second kappa shape index (κ2) is 18.9. The van der Waals surface area contributed by atoms with Crippen LogP contribution in [0.1, 0.15) is 48.5 Å². The lowest BCUT2D eigenvalue weighted by Gasteiger charge is -2.31. The van der Waals surface area contributed by atoms with E-state index < -0.39 is 15.9 Å². The molecule has 5 N–H and O–H groups in total. The number of halogens is 1. The summed E-state index contributed by atoms with van der Waals surface area (Å²) in [5.41, 5.74) is 7.22. The van der Waals surface area contributed by atoms with Crippen molar-refractivity contribution in [3.05, 3.63) is 40.0 Å². The number of carbonyl (C=O) groups is 2. The Morgan fingerprint density at radius 3 is 2.40 bits per heavy atom. The van der Waals surface area contributed by atoms with E-state index in [1.165, 1.54) is 4.31 Å². The number of sulfonamides is 1. The summed E-state index contributed by atoms with van der Waals surface area (Å²) in [5, 5.41) is 9.08. The molecule has 0 radical (unpaired) electrons. The highest BCUT2D eigenvalue weighted by molar-refractivity contribution is 9.10. The molecule has 1 saturated heterocycles. The molecule has 16 heteroatoms. The van der Waals surface area contributed by atoms with Gasteiger partial charge in [-0.05, 0) is 53.7 Å². The molecule has 1 fully saturated rings. The predicted octanol–water partition coefficient (Wildman–Crippen LogP) is 2.56. The van der Waals surface area contributed by atoms with E-state index in [2.05, 4.69) is 41.8 Å². The van der Waals surface area contributed by atoms with Crippen LogP contribution in [0, 0.1) is 6.92 Å². The zero-order valence-corrected chi connectivity index (χ0v) is 28.3. The molecule has 1 aromatic carbocycles. The van der Waals surface area contributed by atoms with Gasteiger partial charge in [0.1, 0.15) is 5.82 Å². The third-order valence-electron chi connectivity index (χ3n) is 6.95. The Bertz CT molecular complexity index is 1360. The molecule has 2 heterocycles. The minimum absolute atomic E-state index is 0.0289. The number of carbonyl (C=O) groups excluding carboxylic acids is 2. The van der Waals surface area contributed by atoms with Gasteiger partial charge in [-0.25, -0.2) is 17.7 Å². The Morgan fingerprint density at radius 1 is 1.07 bits per heavy atom. The number of rotatable bonds is 20. The van der Waals surface area contributed by atoms with E-state index >= 15 is 0 Å². The topological polar surface area (TPSA) is 187 Å². The molecule has 0 aliphatic carbocycles. The van der Waals surface area contributed by atoms with Gasteiger partial charge >= 0.3 is 0 Å². The number of primary amides is 1. The van der Waals surface area contributed by atoms with Crippen molar-refractivity contribution in [1.82, 2.24) is 19.6 Å². The first-order chi connectivity index (χ1) is 21.6. The molecule has 1 aliphatic heterocycles. The molecule has 0 bridgehead atoms. The molecule has 45 heavy (non-hydrogen) atoms. The lowest BCUT2D eigenvalue weighted by atomic mass is 10.1. The van der Waals surface area contributed by atoms with Crippen LogP contribution in [0.25, 0.3) is 0 Å². The Hall–Kier alpha value is -2.89. The molecule has 14 nitrogen and oxygen atoms in total.